The molecule has 0 bridgehead atoms. The van der Waals surface area contributed by atoms with Crippen LogP contribution in [0.1, 0.15) is 19.4 Å². The summed E-state index contributed by atoms with van der Waals surface area (Å²) in [5.74, 6) is 0.567. The third-order valence-corrected chi connectivity index (χ3v) is 3.35. The number of carbonyl (C=O) groups excluding carboxylic acids is 2. The second-order valence-electron chi connectivity index (χ2n) is 4.72. The van der Waals surface area contributed by atoms with E-state index in [0.29, 0.717) is 6.54 Å². The normalized spacial score (nSPS) is 23.2. The molecule has 0 saturated carbocycles. The monoisotopic (exact) mass is 262 g/mol. The zero-order valence-electron chi connectivity index (χ0n) is 11.3. The van der Waals surface area contributed by atoms with Gasteiger partial charge >= 0.3 is 0 Å². The molecule has 1 fully saturated rings. The molecular weight excluding hydrogens is 244 g/mol. The van der Waals surface area contributed by atoms with E-state index in [-0.39, 0.29) is 11.8 Å². The first-order valence-electron chi connectivity index (χ1n) is 6.26. The van der Waals surface area contributed by atoms with Gasteiger partial charge in [-0.25, -0.2) is 0 Å². The van der Waals surface area contributed by atoms with Crippen molar-refractivity contribution in [2.75, 3.05) is 7.11 Å². The Morgan fingerprint density at radius 3 is 2.74 bits per heavy atom. The van der Waals surface area contributed by atoms with Gasteiger partial charge in [0, 0.05) is 6.54 Å². The number of nitrogens with zero attached hydrogens (tertiary/aromatic N) is 1. The molecule has 2 atom stereocenters. The number of benzene rings is 1. The molecule has 102 valence electrons. The first-order chi connectivity index (χ1) is 9.02. The van der Waals surface area contributed by atoms with Crippen molar-refractivity contribution in [2.24, 2.45) is 0 Å². The molecule has 1 saturated heterocycles. The maximum absolute atomic E-state index is 12.1. The fourth-order valence-corrected chi connectivity index (χ4v) is 2.16. The average molecular weight is 262 g/mol. The summed E-state index contributed by atoms with van der Waals surface area (Å²) in [6.07, 6.45) is 0. The van der Waals surface area contributed by atoms with Crippen LogP contribution in [-0.4, -0.2) is 35.9 Å². The zero-order chi connectivity index (χ0) is 14.0. The van der Waals surface area contributed by atoms with Crippen LogP contribution < -0.4 is 10.1 Å². The third-order valence-electron chi connectivity index (χ3n) is 3.35. The Hall–Kier alpha value is -2.04. The van der Waals surface area contributed by atoms with Crippen molar-refractivity contribution in [1.82, 2.24) is 10.2 Å². The molecule has 1 heterocycles. The van der Waals surface area contributed by atoms with Crippen molar-refractivity contribution in [3.8, 4) is 5.75 Å². The van der Waals surface area contributed by atoms with Crippen molar-refractivity contribution in [2.45, 2.75) is 32.5 Å². The molecule has 1 aromatic carbocycles. The molecule has 0 aromatic heterocycles. The molecule has 5 nitrogen and oxygen atoms in total. The second-order valence-corrected chi connectivity index (χ2v) is 4.72. The van der Waals surface area contributed by atoms with Crippen molar-refractivity contribution in [3.05, 3.63) is 29.8 Å². The molecule has 5 heteroatoms. The van der Waals surface area contributed by atoms with Crippen molar-refractivity contribution < 1.29 is 14.3 Å². The van der Waals surface area contributed by atoms with Crippen molar-refractivity contribution >= 4 is 11.8 Å². The van der Waals surface area contributed by atoms with Crippen LogP contribution in [0.2, 0.25) is 0 Å². The van der Waals surface area contributed by atoms with E-state index in [1.165, 1.54) is 0 Å². The Labute approximate surface area is 112 Å². The van der Waals surface area contributed by atoms with Gasteiger partial charge in [-0.15, -0.1) is 0 Å². The minimum Gasteiger partial charge on any atom is -0.497 e. The first kappa shape index (κ1) is 13.4. The highest BCUT2D eigenvalue weighted by Gasteiger charge is 2.35. The maximum atomic E-state index is 12.1. The molecule has 0 spiro atoms. The van der Waals surface area contributed by atoms with Gasteiger partial charge in [0.25, 0.3) is 0 Å². The number of hydrogen-bond acceptors (Lipinski definition) is 3. The molecule has 1 N–H and O–H groups in total. The van der Waals surface area contributed by atoms with Gasteiger partial charge in [0.1, 0.15) is 17.8 Å². The van der Waals surface area contributed by atoms with Crippen LogP contribution in [0.5, 0.6) is 5.75 Å². The summed E-state index contributed by atoms with van der Waals surface area (Å²) in [4.78, 5) is 25.5. The fraction of sp³-hybridized carbons (Fsp3) is 0.429. The zero-order valence-corrected chi connectivity index (χ0v) is 11.3. The predicted molar refractivity (Wildman–Crippen MR) is 70.6 cm³/mol. The average Bonchev–Trinajstić information content (AvgIpc) is 2.41. The minimum atomic E-state index is -0.464. The summed E-state index contributed by atoms with van der Waals surface area (Å²) >= 11 is 0. The van der Waals surface area contributed by atoms with E-state index < -0.39 is 12.1 Å². The number of carbonyl (C=O) groups is 2. The number of hydrogen-bond donors (Lipinski definition) is 1. The van der Waals surface area contributed by atoms with Crippen molar-refractivity contribution in [3.63, 3.8) is 0 Å². The SMILES string of the molecule is COc1cccc(CN2C(=O)C(C)NC(=O)C2C)c1. The number of nitrogens with one attached hydrogen (secondary N) is 1. The Morgan fingerprint density at radius 1 is 1.32 bits per heavy atom. The molecule has 2 unspecified atom stereocenters. The lowest BCUT2D eigenvalue weighted by Crippen LogP contribution is -2.60. The van der Waals surface area contributed by atoms with Crippen LogP contribution in [0.25, 0.3) is 0 Å². The number of ether oxygens (including phenoxy) is 1. The Bertz CT molecular complexity index is 501. The Balaban J connectivity index is 2.19. The standard InChI is InChI=1S/C14H18N2O3/c1-9-14(18)16(10(2)13(17)15-9)8-11-5-4-6-12(7-11)19-3/h4-7,9-10H,8H2,1-3H3,(H,15,17). The van der Waals surface area contributed by atoms with Crippen LogP contribution in [0.3, 0.4) is 0 Å². The molecule has 2 amide bonds. The van der Waals surface area contributed by atoms with Crippen LogP contribution in [0, 0.1) is 0 Å². The summed E-state index contributed by atoms with van der Waals surface area (Å²) in [6, 6.07) is 6.60. The smallest absolute Gasteiger partial charge is 0.245 e. The predicted octanol–water partition coefficient (Wildman–Crippen LogP) is 0.931. The van der Waals surface area contributed by atoms with E-state index in [2.05, 4.69) is 5.32 Å². The van der Waals surface area contributed by atoms with Gasteiger partial charge < -0.3 is 15.0 Å². The number of amides is 2. The molecule has 1 aromatic rings. The lowest BCUT2D eigenvalue weighted by molar-refractivity contribution is -0.148. The number of piperazine rings is 1. The van der Waals surface area contributed by atoms with Gasteiger partial charge in [0.05, 0.1) is 7.11 Å². The van der Waals surface area contributed by atoms with Crippen LogP contribution in [-0.2, 0) is 16.1 Å². The van der Waals surface area contributed by atoms with E-state index in [0.717, 1.165) is 11.3 Å². The van der Waals surface area contributed by atoms with Crippen LogP contribution in [0.15, 0.2) is 24.3 Å². The van der Waals surface area contributed by atoms with Crippen LogP contribution >= 0.6 is 0 Å². The van der Waals surface area contributed by atoms with E-state index in [1.807, 2.05) is 24.3 Å². The van der Waals surface area contributed by atoms with Crippen LogP contribution in [0.4, 0.5) is 0 Å². The summed E-state index contributed by atoms with van der Waals surface area (Å²) in [7, 11) is 1.60. The molecule has 2 rings (SSSR count). The molecule has 0 radical (unpaired) electrons. The summed E-state index contributed by atoms with van der Waals surface area (Å²) in [5, 5.41) is 2.66. The fourth-order valence-electron chi connectivity index (χ4n) is 2.16. The maximum Gasteiger partial charge on any atom is 0.245 e. The van der Waals surface area contributed by atoms with Gasteiger partial charge in [0.2, 0.25) is 11.8 Å². The highest BCUT2D eigenvalue weighted by atomic mass is 16.5. The highest BCUT2D eigenvalue weighted by Crippen LogP contribution is 2.18. The van der Waals surface area contributed by atoms with E-state index in [4.69, 9.17) is 4.74 Å². The summed E-state index contributed by atoms with van der Waals surface area (Å²) in [6.45, 7) is 3.85. The first-order valence-corrected chi connectivity index (χ1v) is 6.26. The summed E-state index contributed by atoms with van der Waals surface area (Å²) < 4.78 is 5.16. The van der Waals surface area contributed by atoms with E-state index in [1.54, 1.807) is 25.9 Å². The Kier molecular flexibility index (Phi) is 3.74. The molecule has 0 aliphatic carbocycles. The number of rotatable bonds is 3. The van der Waals surface area contributed by atoms with Crippen molar-refractivity contribution in [1.29, 1.82) is 0 Å². The summed E-state index contributed by atoms with van der Waals surface area (Å²) in [5.41, 5.74) is 0.946. The van der Waals surface area contributed by atoms with Gasteiger partial charge in [-0.3, -0.25) is 9.59 Å². The third kappa shape index (κ3) is 2.70. The van der Waals surface area contributed by atoms with Gasteiger partial charge in [0.15, 0.2) is 0 Å². The van der Waals surface area contributed by atoms with Gasteiger partial charge in [-0.05, 0) is 31.5 Å². The van der Waals surface area contributed by atoms with Gasteiger partial charge in [-0.2, -0.15) is 0 Å². The van der Waals surface area contributed by atoms with Gasteiger partial charge in [-0.1, -0.05) is 12.1 Å². The van der Waals surface area contributed by atoms with E-state index >= 15 is 0 Å². The molecular formula is C14H18N2O3. The second kappa shape index (κ2) is 5.30. The minimum absolute atomic E-state index is 0.0603. The molecule has 1 aliphatic rings. The topological polar surface area (TPSA) is 58.6 Å². The molecule has 19 heavy (non-hydrogen) atoms. The number of methoxy groups -OCH3 is 1. The largest absolute Gasteiger partial charge is 0.497 e. The quantitative estimate of drug-likeness (QED) is 0.881. The van der Waals surface area contributed by atoms with E-state index in [9.17, 15) is 9.59 Å². The lowest BCUT2D eigenvalue weighted by atomic mass is 10.1. The lowest BCUT2D eigenvalue weighted by Gasteiger charge is -2.36. The molecule has 1 aliphatic heterocycles. The highest BCUT2D eigenvalue weighted by molar-refractivity contribution is 5.96. The Morgan fingerprint density at radius 2 is 2.05 bits per heavy atom.